The highest BCUT2D eigenvalue weighted by molar-refractivity contribution is 6.31. The highest BCUT2D eigenvalue weighted by Gasteiger charge is 2.22. The molecule has 0 aliphatic heterocycles. The summed E-state index contributed by atoms with van der Waals surface area (Å²) in [6, 6.07) is 7.23. The largest absolute Gasteiger partial charge is 0.346 e. The third-order valence-electron chi connectivity index (χ3n) is 3.31. The summed E-state index contributed by atoms with van der Waals surface area (Å²) in [6.07, 6.45) is 4.11. The summed E-state index contributed by atoms with van der Waals surface area (Å²) in [5.41, 5.74) is 0.808. The number of benzene rings is 1. The lowest BCUT2D eigenvalue weighted by molar-refractivity contribution is 0.642. The summed E-state index contributed by atoms with van der Waals surface area (Å²) < 4.78 is 2.00. The molecule has 1 aromatic heterocycles. The number of rotatable bonds is 2. The second kappa shape index (κ2) is 4.15. The van der Waals surface area contributed by atoms with Crippen molar-refractivity contribution in [2.45, 2.75) is 19.4 Å². The molecule has 0 atom stereocenters. The van der Waals surface area contributed by atoms with Crippen LogP contribution in [0.25, 0.3) is 10.9 Å². The maximum Gasteiger partial charge on any atom is 0.207 e. The second-order valence-corrected chi connectivity index (χ2v) is 5.18. The topological polar surface area (TPSA) is 45.8 Å². The normalized spacial score (nSPS) is 14.7. The molecular formula is C14H11ClN2O. The molecule has 1 aromatic carbocycles. The van der Waals surface area contributed by atoms with Crippen LogP contribution in [0, 0.1) is 17.2 Å². The lowest BCUT2D eigenvalue weighted by Gasteiger charge is -2.11. The van der Waals surface area contributed by atoms with Gasteiger partial charge in [-0.1, -0.05) is 11.6 Å². The molecule has 90 valence electrons. The van der Waals surface area contributed by atoms with Gasteiger partial charge in [-0.15, -0.1) is 0 Å². The van der Waals surface area contributed by atoms with Gasteiger partial charge in [-0.05, 0) is 37.0 Å². The van der Waals surface area contributed by atoms with Crippen molar-refractivity contribution in [2.75, 3.05) is 0 Å². The molecule has 3 nitrogen and oxygen atoms in total. The van der Waals surface area contributed by atoms with Crippen molar-refractivity contribution in [2.24, 2.45) is 5.92 Å². The Morgan fingerprint density at radius 2 is 2.22 bits per heavy atom. The molecule has 1 aliphatic rings. The van der Waals surface area contributed by atoms with Gasteiger partial charge in [0.2, 0.25) is 5.43 Å². The molecule has 1 heterocycles. The lowest BCUT2D eigenvalue weighted by atomic mass is 10.1. The Morgan fingerprint density at radius 1 is 1.44 bits per heavy atom. The zero-order valence-electron chi connectivity index (χ0n) is 9.69. The zero-order chi connectivity index (χ0) is 12.7. The Bertz CT molecular complexity index is 723. The average Bonchev–Trinajstić information content (AvgIpc) is 3.17. The van der Waals surface area contributed by atoms with Crippen LogP contribution in [0.3, 0.4) is 0 Å². The predicted octanol–water partition coefficient (Wildman–Crippen LogP) is 2.94. The van der Waals surface area contributed by atoms with E-state index >= 15 is 0 Å². The van der Waals surface area contributed by atoms with Crippen LogP contribution < -0.4 is 5.43 Å². The molecule has 0 radical (unpaired) electrons. The average molecular weight is 259 g/mol. The molecule has 4 heteroatoms. The maximum absolute atomic E-state index is 12.1. The van der Waals surface area contributed by atoms with Crippen molar-refractivity contribution in [1.82, 2.24) is 4.57 Å². The minimum absolute atomic E-state index is 0.186. The quantitative estimate of drug-likeness (QED) is 0.831. The van der Waals surface area contributed by atoms with Gasteiger partial charge < -0.3 is 4.57 Å². The molecule has 0 amide bonds. The van der Waals surface area contributed by atoms with Crippen molar-refractivity contribution in [3.05, 3.63) is 45.2 Å². The van der Waals surface area contributed by atoms with E-state index in [4.69, 9.17) is 16.9 Å². The van der Waals surface area contributed by atoms with Gasteiger partial charge in [-0.2, -0.15) is 5.26 Å². The molecule has 0 saturated heterocycles. The van der Waals surface area contributed by atoms with Crippen LogP contribution >= 0.6 is 11.6 Å². The Kier molecular flexibility index (Phi) is 2.61. The highest BCUT2D eigenvalue weighted by atomic mass is 35.5. The van der Waals surface area contributed by atoms with Gasteiger partial charge in [0.15, 0.2) is 0 Å². The molecule has 0 N–H and O–H groups in total. The van der Waals surface area contributed by atoms with E-state index in [1.807, 2.05) is 16.7 Å². The summed E-state index contributed by atoms with van der Waals surface area (Å²) in [7, 11) is 0. The van der Waals surface area contributed by atoms with Crippen LogP contribution in [-0.4, -0.2) is 4.57 Å². The summed E-state index contributed by atoms with van der Waals surface area (Å²) in [4.78, 5) is 12.1. The van der Waals surface area contributed by atoms with Crippen molar-refractivity contribution >= 4 is 22.5 Å². The van der Waals surface area contributed by atoms with Gasteiger partial charge in [-0.3, -0.25) is 4.79 Å². The predicted molar refractivity (Wildman–Crippen MR) is 70.7 cm³/mol. The number of hydrogen-bond acceptors (Lipinski definition) is 2. The molecule has 3 rings (SSSR count). The zero-order valence-corrected chi connectivity index (χ0v) is 10.4. The molecule has 1 saturated carbocycles. The standard InChI is InChI=1S/C14H11ClN2O/c15-11-3-4-13-12(5-11)14(18)10(6-16)8-17(13)7-9-1-2-9/h3-5,8-9H,1-2,7H2. The van der Waals surface area contributed by atoms with Gasteiger partial charge in [0.25, 0.3) is 0 Å². The molecular weight excluding hydrogens is 248 g/mol. The first-order valence-corrected chi connectivity index (χ1v) is 6.29. The van der Waals surface area contributed by atoms with E-state index in [9.17, 15) is 4.79 Å². The fraction of sp³-hybridized carbons (Fsp3) is 0.286. The van der Waals surface area contributed by atoms with E-state index in [-0.39, 0.29) is 11.0 Å². The first-order chi connectivity index (χ1) is 8.69. The van der Waals surface area contributed by atoms with Crippen LogP contribution in [0.2, 0.25) is 5.02 Å². The third kappa shape index (κ3) is 1.89. The SMILES string of the molecule is N#Cc1cn(CC2CC2)c2ccc(Cl)cc2c1=O. The number of nitrogens with zero attached hydrogens (tertiary/aromatic N) is 2. The fourth-order valence-electron chi connectivity index (χ4n) is 2.18. The minimum atomic E-state index is -0.234. The van der Waals surface area contributed by atoms with E-state index in [0.717, 1.165) is 12.1 Å². The van der Waals surface area contributed by atoms with E-state index in [1.54, 1.807) is 18.3 Å². The second-order valence-electron chi connectivity index (χ2n) is 4.74. The molecule has 1 fully saturated rings. The van der Waals surface area contributed by atoms with Crippen LogP contribution in [0.1, 0.15) is 18.4 Å². The number of hydrogen-bond donors (Lipinski definition) is 0. The van der Waals surface area contributed by atoms with Crippen LogP contribution in [-0.2, 0) is 6.54 Å². The molecule has 1 aliphatic carbocycles. The number of pyridine rings is 1. The summed E-state index contributed by atoms with van der Waals surface area (Å²) in [6.45, 7) is 0.868. The molecule has 0 unspecified atom stereocenters. The fourth-order valence-corrected chi connectivity index (χ4v) is 2.35. The van der Waals surface area contributed by atoms with Crippen molar-refractivity contribution in [3.63, 3.8) is 0 Å². The first-order valence-electron chi connectivity index (χ1n) is 5.92. The Labute approximate surface area is 109 Å². The van der Waals surface area contributed by atoms with Crippen LogP contribution in [0.5, 0.6) is 0 Å². The summed E-state index contributed by atoms with van der Waals surface area (Å²) >= 11 is 5.93. The molecule has 18 heavy (non-hydrogen) atoms. The van der Waals surface area contributed by atoms with E-state index in [0.29, 0.717) is 16.3 Å². The van der Waals surface area contributed by atoms with Crippen LogP contribution in [0.15, 0.2) is 29.2 Å². The summed E-state index contributed by atoms with van der Waals surface area (Å²) in [5, 5.41) is 10.1. The monoisotopic (exact) mass is 258 g/mol. The van der Waals surface area contributed by atoms with Gasteiger partial charge in [0.05, 0.1) is 5.52 Å². The van der Waals surface area contributed by atoms with Gasteiger partial charge in [-0.25, -0.2) is 0 Å². The van der Waals surface area contributed by atoms with Crippen molar-refractivity contribution < 1.29 is 0 Å². The highest BCUT2D eigenvalue weighted by Crippen LogP contribution is 2.31. The number of aromatic nitrogens is 1. The van der Waals surface area contributed by atoms with Crippen molar-refractivity contribution in [3.8, 4) is 6.07 Å². The van der Waals surface area contributed by atoms with E-state index < -0.39 is 0 Å². The number of fused-ring (bicyclic) bond motifs is 1. The Morgan fingerprint density at radius 3 is 2.89 bits per heavy atom. The van der Waals surface area contributed by atoms with Gasteiger partial charge in [0.1, 0.15) is 11.6 Å². The number of nitriles is 1. The molecule has 0 bridgehead atoms. The third-order valence-corrected chi connectivity index (χ3v) is 3.55. The van der Waals surface area contributed by atoms with Crippen molar-refractivity contribution in [1.29, 1.82) is 5.26 Å². The van der Waals surface area contributed by atoms with Crippen LogP contribution in [0.4, 0.5) is 0 Å². The van der Waals surface area contributed by atoms with Gasteiger partial charge in [0, 0.05) is 23.2 Å². The first kappa shape index (κ1) is 11.3. The smallest absolute Gasteiger partial charge is 0.207 e. The maximum atomic E-state index is 12.1. The summed E-state index contributed by atoms with van der Waals surface area (Å²) in [5.74, 6) is 0.679. The molecule has 2 aromatic rings. The van der Waals surface area contributed by atoms with E-state index in [2.05, 4.69) is 0 Å². The van der Waals surface area contributed by atoms with E-state index in [1.165, 1.54) is 12.8 Å². The van der Waals surface area contributed by atoms with Gasteiger partial charge >= 0.3 is 0 Å². The minimum Gasteiger partial charge on any atom is -0.346 e. The lowest BCUT2D eigenvalue weighted by Crippen LogP contribution is -2.13. The number of halogens is 1. The Balaban J connectivity index is 2.30. The Hall–Kier alpha value is -1.79. The molecule has 0 spiro atoms.